The third kappa shape index (κ3) is 3.43. The van der Waals surface area contributed by atoms with Crippen LogP contribution in [0.15, 0.2) is 30.3 Å². The second-order valence-corrected chi connectivity index (χ2v) is 3.22. The number of rotatable bonds is 4. The van der Waals surface area contributed by atoms with Gasteiger partial charge in [0, 0.05) is 6.54 Å². The lowest BCUT2D eigenvalue weighted by molar-refractivity contribution is 0.985. The lowest BCUT2D eigenvalue weighted by Crippen LogP contribution is -2.06. The van der Waals surface area contributed by atoms with Crippen LogP contribution in [0.3, 0.4) is 0 Å². The van der Waals surface area contributed by atoms with Gasteiger partial charge >= 0.3 is 0 Å². The zero-order valence-corrected chi connectivity index (χ0v) is 9.50. The molecule has 16 heavy (non-hydrogen) atoms. The summed E-state index contributed by atoms with van der Waals surface area (Å²) in [5, 5.41) is 10.6. The summed E-state index contributed by atoms with van der Waals surface area (Å²) in [4.78, 5) is 2.81. The Morgan fingerprint density at radius 1 is 1.19 bits per heavy atom. The monoisotopic (exact) mass is 239 g/mol. The van der Waals surface area contributed by atoms with Crippen molar-refractivity contribution in [2.24, 2.45) is 0 Å². The predicted molar refractivity (Wildman–Crippen MR) is 66.7 cm³/mol. The smallest absolute Gasteiger partial charge is 0.223 e. The maximum atomic E-state index is 5.39. The molecule has 0 fully saturated rings. The molecule has 0 spiro atoms. The molecule has 0 saturated carbocycles. The SMILES string of the molecule is Cl.Nc1nnc(NCCc2ccccc2)[nH]1. The van der Waals surface area contributed by atoms with E-state index in [0.29, 0.717) is 11.9 Å². The minimum atomic E-state index is 0. The van der Waals surface area contributed by atoms with Crippen molar-refractivity contribution in [1.82, 2.24) is 15.2 Å². The third-order valence-electron chi connectivity index (χ3n) is 2.05. The molecule has 5 nitrogen and oxygen atoms in total. The van der Waals surface area contributed by atoms with Crippen molar-refractivity contribution < 1.29 is 0 Å². The molecule has 4 N–H and O–H groups in total. The van der Waals surface area contributed by atoms with Crippen LogP contribution in [-0.2, 0) is 6.42 Å². The molecule has 0 aliphatic rings. The van der Waals surface area contributed by atoms with E-state index in [1.807, 2.05) is 18.2 Å². The van der Waals surface area contributed by atoms with Gasteiger partial charge in [-0.05, 0) is 12.0 Å². The zero-order valence-electron chi connectivity index (χ0n) is 8.68. The van der Waals surface area contributed by atoms with Crippen molar-refractivity contribution in [3.05, 3.63) is 35.9 Å². The number of nitrogens with zero attached hydrogens (tertiary/aromatic N) is 2. The van der Waals surface area contributed by atoms with Crippen molar-refractivity contribution >= 4 is 24.3 Å². The molecule has 0 unspecified atom stereocenters. The van der Waals surface area contributed by atoms with E-state index >= 15 is 0 Å². The quantitative estimate of drug-likeness (QED) is 0.755. The van der Waals surface area contributed by atoms with Crippen molar-refractivity contribution in [3.8, 4) is 0 Å². The van der Waals surface area contributed by atoms with Gasteiger partial charge in [0.15, 0.2) is 0 Å². The minimum absolute atomic E-state index is 0. The van der Waals surface area contributed by atoms with E-state index in [1.165, 1.54) is 5.56 Å². The Kier molecular flexibility index (Phi) is 4.60. The standard InChI is InChI=1S/C10H13N5.ClH/c11-9-13-10(15-14-9)12-7-6-8-4-2-1-3-5-8;/h1-5H,6-7H2,(H4,11,12,13,14,15);1H. The Labute approximate surface area is 99.9 Å². The number of halogens is 1. The van der Waals surface area contributed by atoms with E-state index in [-0.39, 0.29) is 12.4 Å². The van der Waals surface area contributed by atoms with Crippen LogP contribution in [0.4, 0.5) is 11.9 Å². The van der Waals surface area contributed by atoms with Gasteiger partial charge in [0.2, 0.25) is 11.9 Å². The highest BCUT2D eigenvalue weighted by Gasteiger charge is 1.97. The Balaban J connectivity index is 0.00000128. The van der Waals surface area contributed by atoms with Gasteiger partial charge in [-0.15, -0.1) is 22.6 Å². The highest BCUT2D eigenvalue weighted by molar-refractivity contribution is 5.85. The summed E-state index contributed by atoms with van der Waals surface area (Å²) in [5.41, 5.74) is 6.68. The molecule has 86 valence electrons. The first-order chi connectivity index (χ1) is 7.34. The van der Waals surface area contributed by atoms with Gasteiger partial charge in [0.25, 0.3) is 0 Å². The fourth-order valence-corrected chi connectivity index (χ4v) is 1.32. The van der Waals surface area contributed by atoms with Crippen molar-refractivity contribution in [2.75, 3.05) is 17.6 Å². The van der Waals surface area contributed by atoms with Gasteiger partial charge in [0.1, 0.15) is 0 Å². The number of aromatic amines is 1. The number of hydrogen-bond donors (Lipinski definition) is 3. The Bertz CT molecular complexity index is 414. The normalized spacial score (nSPS) is 9.50. The van der Waals surface area contributed by atoms with Gasteiger partial charge < -0.3 is 11.1 Å². The highest BCUT2D eigenvalue weighted by atomic mass is 35.5. The molecule has 6 heteroatoms. The van der Waals surface area contributed by atoms with Crippen molar-refractivity contribution in [1.29, 1.82) is 0 Å². The molecule has 0 amide bonds. The average molecular weight is 240 g/mol. The first kappa shape index (κ1) is 12.3. The van der Waals surface area contributed by atoms with Crippen LogP contribution in [0.2, 0.25) is 0 Å². The Hall–Kier alpha value is -1.75. The van der Waals surface area contributed by atoms with Gasteiger partial charge in [-0.1, -0.05) is 30.3 Å². The number of nitrogen functional groups attached to an aromatic ring is 1. The summed E-state index contributed by atoms with van der Waals surface area (Å²) in [5.74, 6) is 0.945. The molecule has 0 bridgehead atoms. The summed E-state index contributed by atoms with van der Waals surface area (Å²) >= 11 is 0. The van der Waals surface area contributed by atoms with Crippen LogP contribution in [0.1, 0.15) is 5.56 Å². The minimum Gasteiger partial charge on any atom is -0.368 e. The fraction of sp³-hybridized carbons (Fsp3) is 0.200. The van der Waals surface area contributed by atoms with Gasteiger partial charge in [-0.3, -0.25) is 4.98 Å². The Morgan fingerprint density at radius 3 is 2.56 bits per heavy atom. The second kappa shape index (κ2) is 5.97. The topological polar surface area (TPSA) is 79.6 Å². The second-order valence-electron chi connectivity index (χ2n) is 3.22. The van der Waals surface area contributed by atoms with Crippen LogP contribution < -0.4 is 11.1 Å². The number of anilines is 2. The molecular formula is C10H14ClN5. The molecule has 0 aliphatic carbocycles. The molecule has 0 aliphatic heterocycles. The summed E-state index contributed by atoms with van der Waals surface area (Å²) in [6.45, 7) is 0.804. The first-order valence-corrected chi connectivity index (χ1v) is 4.80. The van der Waals surface area contributed by atoms with E-state index in [9.17, 15) is 0 Å². The molecule has 1 aromatic heterocycles. The van der Waals surface area contributed by atoms with E-state index in [2.05, 4.69) is 32.6 Å². The van der Waals surface area contributed by atoms with Crippen LogP contribution >= 0.6 is 12.4 Å². The van der Waals surface area contributed by atoms with Crippen LogP contribution in [0.5, 0.6) is 0 Å². The largest absolute Gasteiger partial charge is 0.368 e. The molecule has 1 aromatic carbocycles. The molecular weight excluding hydrogens is 226 g/mol. The predicted octanol–water partition coefficient (Wildman–Crippen LogP) is 1.46. The summed E-state index contributed by atoms with van der Waals surface area (Å²) in [6, 6.07) is 10.3. The molecule has 1 heterocycles. The summed E-state index contributed by atoms with van der Waals surface area (Å²) in [7, 11) is 0. The Morgan fingerprint density at radius 2 is 1.94 bits per heavy atom. The maximum absolute atomic E-state index is 5.39. The van der Waals surface area contributed by atoms with Crippen molar-refractivity contribution in [3.63, 3.8) is 0 Å². The summed E-state index contributed by atoms with van der Waals surface area (Å²) < 4.78 is 0. The van der Waals surface area contributed by atoms with Crippen LogP contribution in [0, 0.1) is 0 Å². The molecule has 0 radical (unpaired) electrons. The number of hydrogen-bond acceptors (Lipinski definition) is 4. The zero-order chi connectivity index (χ0) is 10.5. The van der Waals surface area contributed by atoms with E-state index in [4.69, 9.17) is 5.73 Å². The summed E-state index contributed by atoms with van der Waals surface area (Å²) in [6.07, 6.45) is 0.946. The maximum Gasteiger partial charge on any atom is 0.223 e. The van der Waals surface area contributed by atoms with Gasteiger partial charge in [-0.2, -0.15) is 0 Å². The van der Waals surface area contributed by atoms with E-state index in [0.717, 1.165) is 13.0 Å². The van der Waals surface area contributed by atoms with E-state index < -0.39 is 0 Å². The van der Waals surface area contributed by atoms with E-state index in [1.54, 1.807) is 0 Å². The molecule has 0 atom stereocenters. The van der Waals surface area contributed by atoms with Crippen molar-refractivity contribution in [2.45, 2.75) is 6.42 Å². The third-order valence-corrected chi connectivity index (χ3v) is 2.05. The number of nitrogens with one attached hydrogen (secondary N) is 2. The number of nitrogens with two attached hydrogens (primary N) is 1. The molecule has 2 aromatic rings. The number of aromatic nitrogens is 3. The fourth-order valence-electron chi connectivity index (χ4n) is 1.32. The highest BCUT2D eigenvalue weighted by Crippen LogP contribution is 2.02. The lowest BCUT2D eigenvalue weighted by Gasteiger charge is -2.01. The van der Waals surface area contributed by atoms with Gasteiger partial charge in [-0.25, -0.2) is 0 Å². The number of H-pyrrole nitrogens is 1. The lowest BCUT2D eigenvalue weighted by atomic mass is 10.1. The molecule has 0 saturated heterocycles. The molecule has 2 rings (SSSR count). The first-order valence-electron chi connectivity index (χ1n) is 4.80. The van der Waals surface area contributed by atoms with Crippen LogP contribution in [-0.4, -0.2) is 21.7 Å². The van der Waals surface area contributed by atoms with Gasteiger partial charge in [0.05, 0.1) is 0 Å². The van der Waals surface area contributed by atoms with Crippen LogP contribution in [0.25, 0.3) is 0 Å². The number of benzene rings is 1. The average Bonchev–Trinajstić information content (AvgIpc) is 2.66.